The van der Waals surface area contributed by atoms with Crippen molar-refractivity contribution in [3.63, 3.8) is 0 Å². The average Bonchev–Trinajstić information content (AvgIpc) is 1.97. The Hall–Kier alpha value is -0.880. The van der Waals surface area contributed by atoms with Gasteiger partial charge in [-0.2, -0.15) is 0 Å². The molecule has 6 heteroatoms. The normalized spacial score (nSPS) is 30.3. The summed E-state index contributed by atoms with van der Waals surface area (Å²) in [7, 11) is 0. The van der Waals surface area contributed by atoms with Gasteiger partial charge in [-0.05, 0) is 39.9 Å². The Balaban J connectivity index is 2.73. The lowest BCUT2D eigenvalue weighted by atomic mass is 9.95. The van der Waals surface area contributed by atoms with Crippen molar-refractivity contribution in [3.8, 4) is 0 Å². The van der Waals surface area contributed by atoms with Crippen LogP contribution in [0.5, 0.6) is 0 Å². The molecule has 16 heavy (non-hydrogen) atoms. The zero-order valence-corrected chi connectivity index (χ0v) is 10.8. The molecule has 3 N–H and O–H groups in total. The van der Waals surface area contributed by atoms with E-state index in [-0.39, 0.29) is 6.54 Å². The Morgan fingerprint density at radius 2 is 2.19 bits per heavy atom. The first-order valence-electron chi connectivity index (χ1n) is 5.13. The van der Waals surface area contributed by atoms with Gasteiger partial charge in [0.15, 0.2) is 5.11 Å². The SMILES string of the molecule is CC(C)(C)OC(=O)C1CNC(=S)NC1(C)O. The zero-order chi connectivity index (χ0) is 12.6. The van der Waals surface area contributed by atoms with E-state index in [1.807, 2.05) is 0 Å². The van der Waals surface area contributed by atoms with E-state index < -0.39 is 23.2 Å². The van der Waals surface area contributed by atoms with Crippen LogP contribution in [0.2, 0.25) is 0 Å². The molecule has 0 amide bonds. The third-order valence-electron chi connectivity index (χ3n) is 2.20. The number of aliphatic hydroxyl groups is 1. The second kappa shape index (κ2) is 4.18. The lowest BCUT2D eigenvalue weighted by Gasteiger charge is -2.38. The monoisotopic (exact) mass is 246 g/mol. The van der Waals surface area contributed by atoms with E-state index in [1.165, 1.54) is 6.92 Å². The van der Waals surface area contributed by atoms with E-state index in [2.05, 4.69) is 10.6 Å². The Labute approximate surface area is 101 Å². The van der Waals surface area contributed by atoms with E-state index in [1.54, 1.807) is 20.8 Å². The summed E-state index contributed by atoms with van der Waals surface area (Å²) in [5.74, 6) is -1.13. The molecule has 1 aliphatic heterocycles. The Morgan fingerprint density at radius 1 is 1.62 bits per heavy atom. The summed E-state index contributed by atoms with van der Waals surface area (Å²) in [5, 5.41) is 15.8. The molecule has 2 atom stereocenters. The van der Waals surface area contributed by atoms with Gasteiger partial charge in [-0.15, -0.1) is 0 Å². The number of hydrogen-bond acceptors (Lipinski definition) is 4. The van der Waals surface area contributed by atoms with Crippen LogP contribution < -0.4 is 10.6 Å². The Morgan fingerprint density at radius 3 is 2.62 bits per heavy atom. The predicted molar refractivity (Wildman–Crippen MR) is 63.7 cm³/mol. The minimum Gasteiger partial charge on any atom is -0.460 e. The molecule has 1 aliphatic rings. The zero-order valence-electron chi connectivity index (χ0n) is 9.96. The van der Waals surface area contributed by atoms with Gasteiger partial charge in [-0.3, -0.25) is 4.79 Å². The van der Waals surface area contributed by atoms with Crippen LogP contribution in [0.25, 0.3) is 0 Å². The van der Waals surface area contributed by atoms with Gasteiger partial charge in [0.1, 0.15) is 17.2 Å². The maximum Gasteiger partial charge on any atom is 0.316 e. The van der Waals surface area contributed by atoms with E-state index >= 15 is 0 Å². The van der Waals surface area contributed by atoms with Crippen molar-refractivity contribution >= 4 is 23.3 Å². The molecule has 1 rings (SSSR count). The highest BCUT2D eigenvalue weighted by atomic mass is 32.1. The van der Waals surface area contributed by atoms with E-state index in [0.717, 1.165) is 0 Å². The molecule has 0 saturated carbocycles. The summed E-state index contributed by atoms with van der Waals surface area (Å²) in [6.45, 7) is 7.14. The van der Waals surface area contributed by atoms with Gasteiger partial charge in [0, 0.05) is 6.54 Å². The van der Waals surface area contributed by atoms with Crippen molar-refractivity contribution in [3.05, 3.63) is 0 Å². The predicted octanol–water partition coefficient (Wildman–Crippen LogP) is 0.131. The molecule has 92 valence electrons. The topological polar surface area (TPSA) is 70.6 Å². The van der Waals surface area contributed by atoms with Crippen LogP contribution in [-0.2, 0) is 9.53 Å². The number of hydrogen-bond donors (Lipinski definition) is 3. The third-order valence-corrected chi connectivity index (χ3v) is 2.45. The van der Waals surface area contributed by atoms with Gasteiger partial charge in [0.2, 0.25) is 0 Å². The Bertz CT molecular complexity index is 310. The summed E-state index contributed by atoms with van der Waals surface area (Å²) >= 11 is 4.87. The second-order valence-electron chi connectivity index (χ2n) is 5.07. The molecule has 1 saturated heterocycles. The average molecular weight is 246 g/mol. The summed E-state index contributed by atoms with van der Waals surface area (Å²) in [6, 6.07) is 0. The molecule has 0 aromatic carbocycles. The molecule has 0 bridgehead atoms. The second-order valence-corrected chi connectivity index (χ2v) is 5.48. The fourth-order valence-corrected chi connectivity index (χ4v) is 1.73. The number of esters is 1. The minimum atomic E-state index is -1.37. The summed E-state index contributed by atoms with van der Waals surface area (Å²) < 4.78 is 5.23. The van der Waals surface area contributed by atoms with Gasteiger partial charge >= 0.3 is 5.97 Å². The van der Waals surface area contributed by atoms with Crippen molar-refractivity contribution < 1.29 is 14.6 Å². The first-order valence-corrected chi connectivity index (χ1v) is 5.54. The molecule has 0 aromatic rings. The maximum atomic E-state index is 11.8. The number of carbonyl (C=O) groups is 1. The summed E-state index contributed by atoms with van der Waals surface area (Å²) in [5.41, 5.74) is -1.93. The highest BCUT2D eigenvalue weighted by molar-refractivity contribution is 7.80. The van der Waals surface area contributed by atoms with E-state index in [4.69, 9.17) is 17.0 Å². The number of ether oxygens (including phenoxy) is 1. The summed E-state index contributed by atoms with van der Waals surface area (Å²) in [4.78, 5) is 11.8. The molecule has 0 spiro atoms. The van der Waals surface area contributed by atoms with E-state index in [9.17, 15) is 9.90 Å². The van der Waals surface area contributed by atoms with Gasteiger partial charge in [0.05, 0.1) is 0 Å². The van der Waals surface area contributed by atoms with Crippen molar-refractivity contribution in [2.24, 2.45) is 5.92 Å². The third kappa shape index (κ3) is 3.31. The molecule has 2 unspecified atom stereocenters. The Kier molecular flexibility index (Phi) is 3.44. The first kappa shape index (κ1) is 13.2. The van der Waals surface area contributed by atoms with Crippen LogP contribution in [0.15, 0.2) is 0 Å². The van der Waals surface area contributed by atoms with Gasteiger partial charge in [0.25, 0.3) is 0 Å². The first-order chi connectivity index (χ1) is 7.12. The lowest BCUT2D eigenvalue weighted by Crippen LogP contribution is -2.65. The molecule has 1 fully saturated rings. The lowest BCUT2D eigenvalue weighted by molar-refractivity contribution is -0.170. The fraction of sp³-hybridized carbons (Fsp3) is 0.800. The van der Waals surface area contributed by atoms with Crippen LogP contribution in [0.3, 0.4) is 0 Å². The molecule has 5 nitrogen and oxygen atoms in total. The van der Waals surface area contributed by atoms with E-state index in [0.29, 0.717) is 5.11 Å². The quantitative estimate of drug-likeness (QED) is 0.451. The van der Waals surface area contributed by atoms with Crippen LogP contribution in [-0.4, -0.2) is 34.1 Å². The van der Waals surface area contributed by atoms with Crippen LogP contribution in [0.4, 0.5) is 0 Å². The van der Waals surface area contributed by atoms with Crippen molar-refractivity contribution in [1.29, 1.82) is 0 Å². The fourth-order valence-electron chi connectivity index (χ4n) is 1.44. The number of thiocarbonyl (C=S) groups is 1. The number of rotatable bonds is 1. The molecule has 0 aromatic heterocycles. The highest BCUT2D eigenvalue weighted by Gasteiger charge is 2.43. The molecule has 1 heterocycles. The van der Waals surface area contributed by atoms with Crippen molar-refractivity contribution in [1.82, 2.24) is 10.6 Å². The van der Waals surface area contributed by atoms with Crippen LogP contribution in [0, 0.1) is 5.92 Å². The standard InChI is InChI=1S/C10H18N2O3S/c1-9(2,3)15-7(13)6-5-11-8(16)12-10(6,4)14/h6,14H,5H2,1-4H3,(H2,11,12,16). The van der Waals surface area contributed by atoms with Gasteiger partial charge in [-0.25, -0.2) is 0 Å². The summed E-state index contributed by atoms with van der Waals surface area (Å²) in [6.07, 6.45) is 0. The van der Waals surface area contributed by atoms with Gasteiger partial charge in [-0.1, -0.05) is 0 Å². The number of carbonyl (C=O) groups excluding carboxylic acids is 1. The smallest absolute Gasteiger partial charge is 0.316 e. The van der Waals surface area contributed by atoms with Crippen LogP contribution >= 0.6 is 12.2 Å². The van der Waals surface area contributed by atoms with Gasteiger partial charge < -0.3 is 20.5 Å². The largest absolute Gasteiger partial charge is 0.460 e. The molecular weight excluding hydrogens is 228 g/mol. The highest BCUT2D eigenvalue weighted by Crippen LogP contribution is 2.21. The maximum absolute atomic E-state index is 11.8. The minimum absolute atomic E-state index is 0.272. The molecule has 0 aliphatic carbocycles. The van der Waals surface area contributed by atoms with Crippen molar-refractivity contribution in [2.45, 2.75) is 39.0 Å². The van der Waals surface area contributed by atoms with Crippen molar-refractivity contribution in [2.75, 3.05) is 6.54 Å². The molecular formula is C10H18N2O3S. The number of nitrogens with one attached hydrogen (secondary N) is 2. The molecule has 0 radical (unpaired) electrons. The van der Waals surface area contributed by atoms with Crippen LogP contribution in [0.1, 0.15) is 27.7 Å².